The van der Waals surface area contributed by atoms with Gasteiger partial charge >= 0.3 is 0 Å². The third kappa shape index (κ3) is 8.48. The van der Waals surface area contributed by atoms with E-state index in [1.165, 1.54) is 6.42 Å². The maximum atomic E-state index is 5.56. The fourth-order valence-corrected chi connectivity index (χ4v) is 3.50. The Morgan fingerprint density at radius 2 is 2.11 bits per heavy atom. The van der Waals surface area contributed by atoms with Gasteiger partial charge in [-0.1, -0.05) is 19.9 Å². The minimum absolute atomic E-state index is 0. The number of thiophene rings is 1. The molecule has 2 aromatic heterocycles. The smallest absolute Gasteiger partial charge is 0.236 e. The van der Waals surface area contributed by atoms with Gasteiger partial charge in [0.05, 0.1) is 11.4 Å². The van der Waals surface area contributed by atoms with E-state index < -0.39 is 0 Å². The van der Waals surface area contributed by atoms with Crippen LogP contribution >= 0.6 is 35.3 Å². The number of hydrogen-bond donors (Lipinski definition) is 2. The summed E-state index contributed by atoms with van der Waals surface area (Å²) < 4.78 is 5.56. The van der Waals surface area contributed by atoms with Crippen LogP contribution < -0.4 is 10.6 Å². The van der Waals surface area contributed by atoms with Crippen LogP contribution in [-0.4, -0.2) is 48.1 Å². The molecule has 1 atom stereocenters. The Bertz CT molecular complexity index is 670. The summed E-state index contributed by atoms with van der Waals surface area (Å²) in [4.78, 5) is 12.7. The molecule has 0 aliphatic carbocycles. The molecule has 0 saturated carbocycles. The van der Waals surface area contributed by atoms with Crippen LogP contribution in [0.5, 0.6) is 0 Å². The predicted octanol–water partition coefficient (Wildman–Crippen LogP) is 4.59. The van der Waals surface area contributed by atoms with Gasteiger partial charge in [-0.3, -0.25) is 0 Å². The van der Waals surface area contributed by atoms with Crippen molar-refractivity contribution in [1.29, 1.82) is 0 Å². The Hall–Kier alpha value is -1.13. The number of hydrogen-bond acceptors (Lipinski definition) is 5. The molecule has 0 spiro atoms. The van der Waals surface area contributed by atoms with Gasteiger partial charge in [0.1, 0.15) is 12.0 Å². The molecule has 0 aliphatic rings. The van der Waals surface area contributed by atoms with Gasteiger partial charge in [0.2, 0.25) is 5.89 Å². The molecule has 2 rings (SSSR count). The molecule has 0 aliphatic heterocycles. The van der Waals surface area contributed by atoms with Crippen LogP contribution in [0.1, 0.15) is 46.2 Å². The highest BCUT2D eigenvalue weighted by molar-refractivity contribution is 14.0. The van der Waals surface area contributed by atoms with Crippen molar-refractivity contribution in [2.45, 2.75) is 53.1 Å². The van der Waals surface area contributed by atoms with Gasteiger partial charge in [-0.25, -0.2) is 9.98 Å². The van der Waals surface area contributed by atoms with E-state index in [9.17, 15) is 0 Å². The molecule has 0 amide bonds. The highest BCUT2D eigenvalue weighted by Gasteiger charge is 2.09. The largest absolute Gasteiger partial charge is 0.443 e. The highest BCUT2D eigenvalue weighted by atomic mass is 127. The molecular weight excluding hydrogens is 485 g/mol. The summed E-state index contributed by atoms with van der Waals surface area (Å²) in [5.41, 5.74) is 0.838. The fraction of sp³-hybridized carbons (Fsp3) is 0.600. The molecule has 2 N–H and O–H groups in total. The van der Waals surface area contributed by atoms with E-state index in [4.69, 9.17) is 4.42 Å². The van der Waals surface area contributed by atoms with Gasteiger partial charge in [0, 0.05) is 12.6 Å². The molecular formula is C20H34IN5OS. The van der Waals surface area contributed by atoms with E-state index in [0.717, 1.165) is 49.1 Å². The standard InChI is InChI=1S/C20H33N5OS.HI/c1-5-21-20(23-16(4)10-8-12-25(6-2)7-3)22-14-17-15-26-19(24-17)18-11-9-13-27-18;/h9,11,13,15-16H,5-8,10,12,14H2,1-4H3,(H2,21,22,23);1H. The minimum atomic E-state index is 0. The van der Waals surface area contributed by atoms with Crippen molar-refractivity contribution in [3.05, 3.63) is 29.5 Å². The van der Waals surface area contributed by atoms with E-state index in [2.05, 4.69) is 53.2 Å². The first kappa shape index (κ1) is 24.9. The van der Waals surface area contributed by atoms with Gasteiger partial charge in [-0.2, -0.15) is 0 Å². The van der Waals surface area contributed by atoms with Crippen LogP contribution in [0, 0.1) is 0 Å². The van der Waals surface area contributed by atoms with Crippen molar-refractivity contribution in [3.63, 3.8) is 0 Å². The lowest BCUT2D eigenvalue weighted by Gasteiger charge is -2.21. The van der Waals surface area contributed by atoms with Crippen molar-refractivity contribution >= 4 is 41.3 Å². The second kappa shape index (κ2) is 13.9. The summed E-state index contributed by atoms with van der Waals surface area (Å²) in [6, 6.07) is 4.38. The highest BCUT2D eigenvalue weighted by Crippen LogP contribution is 2.23. The quantitative estimate of drug-likeness (QED) is 0.258. The minimum Gasteiger partial charge on any atom is -0.443 e. The zero-order valence-electron chi connectivity index (χ0n) is 17.4. The van der Waals surface area contributed by atoms with Crippen molar-refractivity contribution in [3.8, 4) is 10.8 Å². The molecule has 0 bridgehead atoms. The van der Waals surface area contributed by atoms with E-state index in [0.29, 0.717) is 18.5 Å². The topological polar surface area (TPSA) is 65.7 Å². The van der Waals surface area contributed by atoms with Crippen molar-refractivity contribution in [1.82, 2.24) is 20.5 Å². The predicted molar refractivity (Wildman–Crippen MR) is 130 cm³/mol. The van der Waals surface area contributed by atoms with Gasteiger partial charge in [0.25, 0.3) is 0 Å². The maximum absolute atomic E-state index is 5.56. The fourth-order valence-electron chi connectivity index (χ4n) is 2.84. The monoisotopic (exact) mass is 519 g/mol. The molecule has 1 unspecified atom stereocenters. The lowest BCUT2D eigenvalue weighted by atomic mass is 10.2. The van der Waals surface area contributed by atoms with Gasteiger partial charge in [0.15, 0.2) is 5.96 Å². The first-order valence-corrected chi connectivity index (χ1v) is 10.8. The molecule has 8 heteroatoms. The van der Waals surface area contributed by atoms with Crippen LogP contribution in [0.3, 0.4) is 0 Å². The maximum Gasteiger partial charge on any atom is 0.236 e. The Balaban J connectivity index is 0.00000392. The SMILES string of the molecule is CCNC(=NCc1coc(-c2cccs2)n1)NC(C)CCCN(CC)CC.I. The Morgan fingerprint density at radius 1 is 1.32 bits per heavy atom. The average molecular weight is 519 g/mol. The molecule has 28 heavy (non-hydrogen) atoms. The number of aromatic nitrogens is 1. The van der Waals surface area contributed by atoms with Crippen LogP contribution in [0.2, 0.25) is 0 Å². The number of aliphatic imine (C=N–C) groups is 1. The number of oxazole rings is 1. The van der Waals surface area contributed by atoms with E-state index >= 15 is 0 Å². The first-order valence-electron chi connectivity index (χ1n) is 9.91. The summed E-state index contributed by atoms with van der Waals surface area (Å²) in [5, 5.41) is 8.83. The van der Waals surface area contributed by atoms with Crippen molar-refractivity contribution in [2.24, 2.45) is 4.99 Å². The molecule has 0 fully saturated rings. The van der Waals surface area contributed by atoms with Crippen molar-refractivity contribution < 1.29 is 4.42 Å². The van der Waals surface area contributed by atoms with E-state index in [1.54, 1.807) is 17.6 Å². The molecule has 2 heterocycles. The number of halogens is 1. The van der Waals surface area contributed by atoms with Crippen LogP contribution in [0.15, 0.2) is 33.2 Å². The van der Waals surface area contributed by atoms with Crippen LogP contribution in [0.25, 0.3) is 10.8 Å². The Morgan fingerprint density at radius 3 is 2.75 bits per heavy atom. The van der Waals surface area contributed by atoms with Gasteiger partial charge in [-0.15, -0.1) is 35.3 Å². The third-order valence-electron chi connectivity index (χ3n) is 4.42. The molecule has 6 nitrogen and oxygen atoms in total. The number of guanidine groups is 1. The summed E-state index contributed by atoms with van der Waals surface area (Å²) in [6.45, 7) is 13.4. The normalized spacial score (nSPS) is 12.7. The lowest BCUT2D eigenvalue weighted by Crippen LogP contribution is -2.42. The summed E-state index contributed by atoms with van der Waals surface area (Å²) in [7, 11) is 0. The molecule has 0 saturated heterocycles. The Kier molecular flexibility index (Phi) is 12.4. The first-order chi connectivity index (χ1) is 13.2. The van der Waals surface area contributed by atoms with Gasteiger partial charge < -0.3 is 20.0 Å². The summed E-state index contributed by atoms with van der Waals surface area (Å²) >= 11 is 1.62. The lowest BCUT2D eigenvalue weighted by molar-refractivity contribution is 0.292. The number of rotatable bonds is 11. The zero-order valence-corrected chi connectivity index (χ0v) is 20.5. The van der Waals surface area contributed by atoms with Crippen LogP contribution in [-0.2, 0) is 6.54 Å². The second-order valence-electron chi connectivity index (χ2n) is 6.53. The van der Waals surface area contributed by atoms with E-state index in [1.807, 2.05) is 17.5 Å². The molecule has 0 aromatic carbocycles. The summed E-state index contributed by atoms with van der Waals surface area (Å²) in [5.74, 6) is 1.49. The Labute approximate surface area is 190 Å². The van der Waals surface area contributed by atoms with Gasteiger partial charge in [-0.05, 0) is 57.8 Å². The van der Waals surface area contributed by atoms with Crippen molar-refractivity contribution in [2.75, 3.05) is 26.2 Å². The second-order valence-corrected chi connectivity index (χ2v) is 7.48. The van der Waals surface area contributed by atoms with E-state index in [-0.39, 0.29) is 24.0 Å². The zero-order chi connectivity index (χ0) is 19.5. The number of nitrogens with one attached hydrogen (secondary N) is 2. The third-order valence-corrected chi connectivity index (χ3v) is 5.27. The van der Waals surface area contributed by atoms with Crippen LogP contribution in [0.4, 0.5) is 0 Å². The molecule has 0 radical (unpaired) electrons. The number of nitrogens with zero attached hydrogens (tertiary/aromatic N) is 3. The molecule has 158 valence electrons. The average Bonchev–Trinajstić information content (AvgIpc) is 3.35. The summed E-state index contributed by atoms with van der Waals surface area (Å²) in [6.07, 6.45) is 3.99. The molecule has 2 aromatic rings.